The number of hydrogen-bond acceptors (Lipinski definition) is 4. The van der Waals surface area contributed by atoms with Gasteiger partial charge in [0, 0.05) is 17.3 Å². The molecule has 2 heterocycles. The molecule has 0 saturated carbocycles. The van der Waals surface area contributed by atoms with Crippen molar-refractivity contribution in [3.63, 3.8) is 0 Å². The van der Waals surface area contributed by atoms with Crippen LogP contribution in [-0.2, 0) is 0 Å². The number of imidazole rings is 1. The Hall–Kier alpha value is -3.31. The molecule has 0 aliphatic heterocycles. The van der Waals surface area contributed by atoms with Gasteiger partial charge in [0.1, 0.15) is 22.9 Å². The van der Waals surface area contributed by atoms with Crippen LogP contribution in [0.25, 0.3) is 16.9 Å². The topological polar surface area (TPSA) is 55.6 Å². The summed E-state index contributed by atoms with van der Waals surface area (Å²) in [6.45, 7) is 13.2. The molecule has 0 unspecified atom stereocenters. The number of fused-ring (bicyclic) bond motifs is 1. The molecule has 0 fully saturated rings. The fourth-order valence-electron chi connectivity index (χ4n) is 4.65. The smallest absolute Gasteiger partial charge is 0.345 e. The number of anilines is 1. The molecular weight excluding hydrogens is 458 g/mol. The number of rotatable bonds is 6. The zero-order chi connectivity index (χ0) is 25.4. The van der Waals surface area contributed by atoms with Crippen LogP contribution in [0.1, 0.15) is 57.0 Å². The highest BCUT2D eigenvalue weighted by molar-refractivity contribution is 6.33. The Labute approximate surface area is 212 Å². The number of aromatic nitrogens is 2. The molecule has 4 rings (SSSR count). The fraction of sp³-hybridized carbons (Fsp3) is 0.310. The zero-order valence-electron chi connectivity index (χ0n) is 21.1. The third-order valence-electron chi connectivity index (χ3n) is 5.62. The lowest BCUT2D eigenvalue weighted by atomic mass is 9.82. The summed E-state index contributed by atoms with van der Waals surface area (Å²) in [6, 6.07) is 18.4. The van der Waals surface area contributed by atoms with Gasteiger partial charge >= 0.3 is 5.97 Å². The van der Waals surface area contributed by atoms with Crippen LogP contribution in [0, 0.1) is 12.3 Å². The number of nitrogens with zero attached hydrogens (tertiary/aromatic N) is 2. The lowest BCUT2D eigenvalue weighted by Crippen LogP contribution is -2.36. The molecule has 182 valence electrons. The molecule has 6 heteroatoms. The Kier molecular flexibility index (Phi) is 6.65. The van der Waals surface area contributed by atoms with E-state index in [1.807, 2.05) is 24.4 Å². The van der Waals surface area contributed by atoms with Gasteiger partial charge in [-0.05, 0) is 74.6 Å². The van der Waals surface area contributed by atoms with Crippen LogP contribution >= 0.6 is 11.6 Å². The summed E-state index contributed by atoms with van der Waals surface area (Å²) in [4.78, 5) is 17.7. The summed E-state index contributed by atoms with van der Waals surface area (Å²) in [5, 5.41) is 4.11. The van der Waals surface area contributed by atoms with Crippen molar-refractivity contribution in [2.24, 2.45) is 5.41 Å². The number of hydrogen-bond donors (Lipinski definition) is 1. The van der Waals surface area contributed by atoms with Gasteiger partial charge in [-0.2, -0.15) is 0 Å². The number of esters is 1. The first kappa shape index (κ1) is 24.8. The van der Waals surface area contributed by atoms with Crippen LogP contribution in [0.2, 0.25) is 5.02 Å². The summed E-state index contributed by atoms with van der Waals surface area (Å²) in [5.41, 5.74) is 3.94. The molecule has 0 atom stereocenters. The minimum absolute atomic E-state index is 0.153. The van der Waals surface area contributed by atoms with Gasteiger partial charge in [-0.1, -0.05) is 56.6 Å². The van der Waals surface area contributed by atoms with E-state index in [2.05, 4.69) is 63.4 Å². The number of halogens is 1. The van der Waals surface area contributed by atoms with Crippen LogP contribution in [-0.4, -0.2) is 20.9 Å². The quantitative estimate of drug-likeness (QED) is 0.221. The second-order valence-electron chi connectivity index (χ2n) is 10.9. The van der Waals surface area contributed by atoms with E-state index in [0.29, 0.717) is 16.3 Å². The lowest BCUT2D eigenvalue weighted by Gasteiger charge is -2.34. The van der Waals surface area contributed by atoms with Gasteiger partial charge in [-0.3, -0.25) is 4.40 Å². The van der Waals surface area contributed by atoms with E-state index in [1.54, 1.807) is 30.3 Å². The maximum atomic E-state index is 12.7. The molecule has 0 bridgehead atoms. The number of nitrogens with one attached hydrogen (secondary N) is 1. The van der Waals surface area contributed by atoms with E-state index in [4.69, 9.17) is 21.3 Å². The number of benzene rings is 2. The highest BCUT2D eigenvalue weighted by Gasteiger charge is 2.28. The molecule has 5 nitrogen and oxygen atoms in total. The molecule has 4 aromatic rings. The van der Waals surface area contributed by atoms with Crippen molar-refractivity contribution in [3.05, 3.63) is 83.0 Å². The first-order valence-corrected chi connectivity index (χ1v) is 12.1. The first-order valence-electron chi connectivity index (χ1n) is 11.8. The van der Waals surface area contributed by atoms with Crippen LogP contribution in [0.3, 0.4) is 0 Å². The van der Waals surface area contributed by atoms with Crippen LogP contribution < -0.4 is 10.1 Å². The Morgan fingerprint density at radius 2 is 1.77 bits per heavy atom. The summed E-state index contributed by atoms with van der Waals surface area (Å²) in [7, 11) is 0. The predicted octanol–water partition coefficient (Wildman–Crippen LogP) is 7.81. The molecule has 1 N–H and O–H groups in total. The highest BCUT2D eigenvalue weighted by atomic mass is 35.5. The summed E-state index contributed by atoms with van der Waals surface area (Å²) < 4.78 is 7.74. The van der Waals surface area contributed by atoms with Crippen LogP contribution in [0.4, 0.5) is 5.82 Å². The van der Waals surface area contributed by atoms with Crippen LogP contribution in [0.15, 0.2) is 66.9 Å². The average molecular weight is 490 g/mol. The molecule has 0 aliphatic carbocycles. The minimum Gasteiger partial charge on any atom is -0.423 e. The van der Waals surface area contributed by atoms with Crippen molar-refractivity contribution < 1.29 is 9.53 Å². The highest BCUT2D eigenvalue weighted by Crippen LogP contribution is 2.36. The molecule has 0 aliphatic rings. The van der Waals surface area contributed by atoms with E-state index in [9.17, 15) is 4.79 Å². The van der Waals surface area contributed by atoms with Crippen molar-refractivity contribution >= 4 is 29.0 Å². The monoisotopic (exact) mass is 489 g/mol. The second kappa shape index (κ2) is 9.38. The average Bonchev–Trinajstić information content (AvgIpc) is 3.09. The number of carbonyl (C=O) groups is 1. The number of ether oxygens (including phenoxy) is 1. The third kappa shape index (κ3) is 5.85. The van der Waals surface area contributed by atoms with Crippen molar-refractivity contribution in [3.8, 4) is 17.0 Å². The molecule has 0 spiro atoms. The Bertz CT molecular complexity index is 1380. The summed E-state index contributed by atoms with van der Waals surface area (Å²) in [5.74, 6) is 0.840. The zero-order valence-corrected chi connectivity index (χ0v) is 21.9. The van der Waals surface area contributed by atoms with Gasteiger partial charge < -0.3 is 10.1 Å². The van der Waals surface area contributed by atoms with Gasteiger partial charge in [-0.15, -0.1) is 0 Å². The molecule has 2 aromatic carbocycles. The predicted molar refractivity (Wildman–Crippen MR) is 144 cm³/mol. The lowest BCUT2D eigenvalue weighted by molar-refractivity contribution is 0.0735. The Morgan fingerprint density at radius 3 is 2.49 bits per heavy atom. The van der Waals surface area contributed by atoms with Crippen molar-refractivity contribution in [2.45, 2.75) is 53.5 Å². The summed E-state index contributed by atoms with van der Waals surface area (Å²) in [6.07, 6.45) is 3.01. The van der Waals surface area contributed by atoms with E-state index in [1.165, 1.54) is 0 Å². The largest absolute Gasteiger partial charge is 0.423 e. The van der Waals surface area contributed by atoms with Gasteiger partial charge in [0.25, 0.3) is 0 Å². The normalized spacial score (nSPS) is 12.1. The van der Waals surface area contributed by atoms with Crippen LogP contribution in [0.5, 0.6) is 5.75 Å². The van der Waals surface area contributed by atoms with Crippen molar-refractivity contribution in [1.29, 1.82) is 0 Å². The minimum atomic E-state index is -0.497. The van der Waals surface area contributed by atoms with Gasteiger partial charge in [0.15, 0.2) is 0 Å². The first-order chi connectivity index (χ1) is 16.4. The van der Waals surface area contributed by atoms with Crippen molar-refractivity contribution in [1.82, 2.24) is 9.38 Å². The van der Waals surface area contributed by atoms with Gasteiger partial charge in [0.2, 0.25) is 0 Å². The molecule has 2 aromatic heterocycles. The molecule has 0 amide bonds. The standard InChI is InChI=1S/C29H32ClN3O2/c1-19-14-15-33-24(16-19)31-25(26(33)32-29(5,6)18-28(2,3)4)20-10-9-11-21(17-20)35-27(34)22-12-7-8-13-23(22)30/h7-17,32H,18H2,1-6H3. The second-order valence-corrected chi connectivity index (χ2v) is 11.3. The van der Waals surface area contributed by atoms with E-state index >= 15 is 0 Å². The maximum absolute atomic E-state index is 12.7. The molecule has 0 saturated heterocycles. The maximum Gasteiger partial charge on any atom is 0.345 e. The van der Waals surface area contributed by atoms with E-state index in [0.717, 1.165) is 34.7 Å². The van der Waals surface area contributed by atoms with E-state index in [-0.39, 0.29) is 11.0 Å². The van der Waals surface area contributed by atoms with Gasteiger partial charge in [0.05, 0.1) is 10.6 Å². The molecule has 35 heavy (non-hydrogen) atoms. The fourth-order valence-corrected chi connectivity index (χ4v) is 4.87. The number of carbonyl (C=O) groups excluding carboxylic acids is 1. The molecular formula is C29H32ClN3O2. The molecule has 0 radical (unpaired) electrons. The van der Waals surface area contributed by atoms with E-state index < -0.39 is 5.97 Å². The third-order valence-corrected chi connectivity index (χ3v) is 5.95. The SMILES string of the molecule is Cc1ccn2c(NC(C)(C)CC(C)(C)C)c(-c3cccc(OC(=O)c4ccccc4Cl)c3)nc2c1. The van der Waals surface area contributed by atoms with Gasteiger partial charge in [-0.25, -0.2) is 9.78 Å². The van der Waals surface area contributed by atoms with Crippen molar-refractivity contribution in [2.75, 3.05) is 5.32 Å². The number of aryl methyl sites for hydroxylation is 1. The summed E-state index contributed by atoms with van der Waals surface area (Å²) >= 11 is 6.18. The Morgan fingerprint density at radius 1 is 1.03 bits per heavy atom. The number of pyridine rings is 1. The Balaban J connectivity index is 1.73.